The summed E-state index contributed by atoms with van der Waals surface area (Å²) in [6.07, 6.45) is 2.75. The van der Waals surface area contributed by atoms with Crippen molar-refractivity contribution in [3.05, 3.63) is 71.2 Å². The molecule has 0 saturated carbocycles. The van der Waals surface area contributed by atoms with Gasteiger partial charge in [-0.15, -0.1) is 0 Å². The average Bonchev–Trinajstić information content (AvgIpc) is 3.27. The van der Waals surface area contributed by atoms with E-state index in [9.17, 15) is 18.8 Å². The fraction of sp³-hybridized carbons (Fsp3) is 0.346. The van der Waals surface area contributed by atoms with Crippen LogP contribution in [0.1, 0.15) is 43.6 Å². The van der Waals surface area contributed by atoms with Crippen LogP contribution in [0.15, 0.2) is 52.9 Å². The van der Waals surface area contributed by atoms with Crippen LogP contribution in [-0.2, 0) is 28.1 Å². The second-order valence-corrected chi connectivity index (χ2v) is 8.81. The van der Waals surface area contributed by atoms with Crippen molar-refractivity contribution in [2.45, 2.75) is 45.2 Å². The molecule has 2 aromatic carbocycles. The van der Waals surface area contributed by atoms with Gasteiger partial charge in [0.2, 0.25) is 5.91 Å². The molecule has 1 fully saturated rings. The number of carbonyl (C=O) groups excluding carboxylic acids is 3. The van der Waals surface area contributed by atoms with Gasteiger partial charge in [0, 0.05) is 31.0 Å². The van der Waals surface area contributed by atoms with Crippen LogP contribution in [-0.4, -0.2) is 41.2 Å². The maximum atomic E-state index is 13.3. The van der Waals surface area contributed by atoms with Crippen LogP contribution in [0, 0.1) is 5.82 Å². The van der Waals surface area contributed by atoms with Crippen LogP contribution >= 0.6 is 0 Å². The van der Waals surface area contributed by atoms with Crippen LogP contribution in [0.4, 0.5) is 9.18 Å². The zero-order valence-corrected chi connectivity index (χ0v) is 19.6. The van der Waals surface area contributed by atoms with Gasteiger partial charge in [0.25, 0.3) is 5.91 Å². The van der Waals surface area contributed by atoms with E-state index < -0.39 is 29.8 Å². The zero-order valence-electron chi connectivity index (χ0n) is 19.6. The van der Waals surface area contributed by atoms with E-state index in [1.807, 2.05) is 24.3 Å². The molecule has 1 atom stereocenters. The van der Waals surface area contributed by atoms with Gasteiger partial charge in [0.15, 0.2) is 0 Å². The Labute approximate surface area is 197 Å². The van der Waals surface area contributed by atoms with Crippen molar-refractivity contribution in [2.24, 2.45) is 0 Å². The Bertz CT molecular complexity index is 1240. The van der Waals surface area contributed by atoms with Crippen molar-refractivity contribution in [2.75, 3.05) is 13.6 Å². The summed E-state index contributed by atoms with van der Waals surface area (Å²) in [5.74, 6) is -0.522. The van der Waals surface area contributed by atoms with Crippen LogP contribution in [0.3, 0.4) is 0 Å². The Balaban J connectivity index is 1.51. The first kappa shape index (κ1) is 23.5. The number of nitrogens with zero attached hydrogens (tertiary/aromatic N) is 2. The zero-order chi connectivity index (χ0) is 24.5. The summed E-state index contributed by atoms with van der Waals surface area (Å²) >= 11 is 0. The SMILES string of the molecule is CCCCc1oc2ccccc2c1CN(C)C(=O)CN1C(=O)NC(C)(c2ccc(F)cc2)C1=O. The maximum absolute atomic E-state index is 13.3. The Morgan fingerprint density at radius 1 is 1.15 bits per heavy atom. The predicted molar refractivity (Wildman–Crippen MR) is 125 cm³/mol. The number of halogens is 1. The van der Waals surface area contributed by atoms with Gasteiger partial charge >= 0.3 is 6.03 Å². The lowest BCUT2D eigenvalue weighted by Crippen LogP contribution is -2.43. The smallest absolute Gasteiger partial charge is 0.325 e. The number of benzene rings is 2. The minimum Gasteiger partial charge on any atom is -0.461 e. The molecule has 0 bridgehead atoms. The fourth-order valence-corrected chi connectivity index (χ4v) is 4.26. The third kappa shape index (κ3) is 4.27. The van der Waals surface area contributed by atoms with E-state index >= 15 is 0 Å². The summed E-state index contributed by atoms with van der Waals surface area (Å²) < 4.78 is 19.4. The van der Waals surface area contributed by atoms with Crippen LogP contribution < -0.4 is 5.32 Å². The molecule has 34 heavy (non-hydrogen) atoms. The van der Waals surface area contributed by atoms with Crippen molar-refractivity contribution < 1.29 is 23.2 Å². The Hall–Kier alpha value is -3.68. The first-order valence-electron chi connectivity index (χ1n) is 11.4. The molecule has 0 aliphatic carbocycles. The molecule has 1 aliphatic heterocycles. The van der Waals surface area contributed by atoms with E-state index in [1.54, 1.807) is 14.0 Å². The predicted octanol–water partition coefficient (Wildman–Crippen LogP) is 4.34. The summed E-state index contributed by atoms with van der Waals surface area (Å²) in [5, 5.41) is 3.59. The lowest BCUT2D eigenvalue weighted by molar-refractivity contribution is -0.138. The molecule has 7 nitrogen and oxygen atoms in total. The molecule has 1 N–H and O–H groups in total. The number of likely N-dealkylation sites (N-methyl/N-ethyl adjacent to an activating group) is 1. The van der Waals surface area contributed by atoms with E-state index in [-0.39, 0.29) is 5.91 Å². The van der Waals surface area contributed by atoms with Gasteiger partial charge in [0.05, 0.1) is 0 Å². The number of amides is 4. The van der Waals surface area contributed by atoms with Crippen LogP contribution in [0.2, 0.25) is 0 Å². The lowest BCUT2D eigenvalue weighted by Gasteiger charge is -2.23. The highest BCUT2D eigenvalue weighted by molar-refractivity contribution is 6.09. The molecule has 178 valence electrons. The van der Waals surface area contributed by atoms with Gasteiger partial charge in [0.1, 0.15) is 29.2 Å². The van der Waals surface area contributed by atoms with E-state index in [4.69, 9.17) is 4.42 Å². The van der Waals surface area contributed by atoms with E-state index in [0.29, 0.717) is 12.1 Å². The van der Waals surface area contributed by atoms with Crippen molar-refractivity contribution in [3.8, 4) is 0 Å². The first-order valence-corrected chi connectivity index (χ1v) is 11.4. The Morgan fingerprint density at radius 3 is 2.56 bits per heavy atom. The summed E-state index contributed by atoms with van der Waals surface area (Å²) in [7, 11) is 1.64. The minimum absolute atomic E-state index is 0.299. The highest BCUT2D eigenvalue weighted by atomic mass is 19.1. The standard InChI is InChI=1S/C26H28FN3O4/c1-4-5-9-22-20(19-8-6-7-10-21(19)34-22)15-29(3)23(31)16-30-24(32)26(2,28-25(30)33)17-11-13-18(27)14-12-17/h6-8,10-14H,4-5,9,15-16H2,1-3H3,(H,28,33). The van der Waals surface area contributed by atoms with Gasteiger partial charge in [-0.2, -0.15) is 0 Å². The Morgan fingerprint density at radius 2 is 1.85 bits per heavy atom. The van der Waals surface area contributed by atoms with E-state index in [2.05, 4.69) is 12.2 Å². The maximum Gasteiger partial charge on any atom is 0.325 e. The quantitative estimate of drug-likeness (QED) is 0.502. The largest absolute Gasteiger partial charge is 0.461 e. The number of furan rings is 1. The lowest BCUT2D eigenvalue weighted by atomic mass is 9.92. The minimum atomic E-state index is -1.36. The first-order chi connectivity index (χ1) is 16.2. The molecule has 4 rings (SSSR count). The van der Waals surface area contributed by atoms with Gasteiger partial charge in [-0.05, 0) is 37.1 Å². The third-order valence-corrected chi connectivity index (χ3v) is 6.35. The third-order valence-electron chi connectivity index (χ3n) is 6.35. The highest BCUT2D eigenvalue weighted by Crippen LogP contribution is 2.30. The molecule has 2 heterocycles. The number of aryl methyl sites for hydroxylation is 1. The molecule has 3 aromatic rings. The number of unbranched alkanes of at least 4 members (excludes halogenated alkanes) is 1. The molecule has 1 aromatic heterocycles. The normalized spacial score (nSPS) is 17.9. The molecule has 0 spiro atoms. The number of nitrogens with one attached hydrogen (secondary N) is 1. The number of para-hydroxylation sites is 1. The fourth-order valence-electron chi connectivity index (χ4n) is 4.26. The van der Waals surface area contributed by atoms with Crippen molar-refractivity contribution in [1.29, 1.82) is 0 Å². The number of carbonyl (C=O) groups is 3. The second-order valence-electron chi connectivity index (χ2n) is 8.81. The molecule has 8 heteroatoms. The number of fused-ring (bicyclic) bond motifs is 1. The number of hydrogen-bond donors (Lipinski definition) is 1. The summed E-state index contributed by atoms with van der Waals surface area (Å²) in [5.41, 5.74) is 0.792. The molecular formula is C26H28FN3O4. The average molecular weight is 466 g/mol. The van der Waals surface area contributed by atoms with E-state index in [0.717, 1.165) is 46.5 Å². The number of hydrogen-bond acceptors (Lipinski definition) is 4. The van der Waals surface area contributed by atoms with Crippen molar-refractivity contribution in [3.63, 3.8) is 0 Å². The highest BCUT2D eigenvalue weighted by Gasteiger charge is 2.49. The molecular weight excluding hydrogens is 437 g/mol. The van der Waals surface area contributed by atoms with Gasteiger partial charge in [-0.3, -0.25) is 14.5 Å². The summed E-state index contributed by atoms with van der Waals surface area (Å²) in [4.78, 5) is 41.2. The van der Waals surface area contributed by atoms with Gasteiger partial charge in [-0.25, -0.2) is 9.18 Å². The molecule has 1 saturated heterocycles. The summed E-state index contributed by atoms with van der Waals surface area (Å²) in [6, 6.07) is 12.4. The molecule has 1 unspecified atom stereocenters. The number of urea groups is 1. The molecule has 4 amide bonds. The van der Waals surface area contributed by atoms with Crippen LogP contribution in [0.5, 0.6) is 0 Å². The van der Waals surface area contributed by atoms with Crippen molar-refractivity contribution >= 4 is 28.8 Å². The number of rotatable bonds is 8. The van der Waals surface area contributed by atoms with Crippen LogP contribution in [0.25, 0.3) is 11.0 Å². The topological polar surface area (TPSA) is 82.9 Å². The molecule has 0 radical (unpaired) electrons. The second kappa shape index (κ2) is 9.29. The monoisotopic (exact) mass is 465 g/mol. The summed E-state index contributed by atoms with van der Waals surface area (Å²) in [6.45, 7) is 3.56. The van der Waals surface area contributed by atoms with Crippen molar-refractivity contribution in [1.82, 2.24) is 15.1 Å². The molecule has 1 aliphatic rings. The van der Waals surface area contributed by atoms with Gasteiger partial charge in [-0.1, -0.05) is 43.7 Å². The number of imide groups is 1. The van der Waals surface area contributed by atoms with Gasteiger partial charge < -0.3 is 14.6 Å². The van der Waals surface area contributed by atoms with E-state index in [1.165, 1.54) is 29.2 Å². The Kier molecular flexibility index (Phi) is 6.41.